The van der Waals surface area contributed by atoms with Crippen LogP contribution < -0.4 is 10.6 Å². The molecule has 1 fully saturated rings. The summed E-state index contributed by atoms with van der Waals surface area (Å²) < 4.78 is 0. The van der Waals surface area contributed by atoms with Crippen LogP contribution in [0.25, 0.3) is 16.8 Å². The zero-order valence-corrected chi connectivity index (χ0v) is 11.0. The van der Waals surface area contributed by atoms with Crippen LogP contribution >= 0.6 is 0 Å². The molecule has 4 heteroatoms. The summed E-state index contributed by atoms with van der Waals surface area (Å²) in [7, 11) is 0. The lowest BCUT2D eigenvalue weighted by molar-refractivity contribution is -0.130. The Balaban J connectivity index is 2.06. The maximum Gasteiger partial charge on any atom is 0.268 e. The van der Waals surface area contributed by atoms with Gasteiger partial charge in [0.15, 0.2) is 0 Å². The lowest BCUT2D eigenvalue weighted by atomic mass is 10.0. The minimum absolute atomic E-state index is 0.198. The number of carbonyl (C=O) groups excluding carboxylic acids is 2. The minimum Gasteiger partial charge on any atom is -0.339 e. The molecule has 1 saturated heterocycles. The van der Waals surface area contributed by atoms with Crippen molar-refractivity contribution < 1.29 is 9.59 Å². The van der Waals surface area contributed by atoms with E-state index in [0.29, 0.717) is 0 Å². The van der Waals surface area contributed by atoms with Crippen LogP contribution in [-0.2, 0) is 9.59 Å². The molecule has 1 heterocycles. The van der Waals surface area contributed by atoms with E-state index in [9.17, 15) is 9.59 Å². The highest BCUT2D eigenvalue weighted by atomic mass is 16.2. The molecule has 3 rings (SSSR count). The number of hydrogen-bond acceptors (Lipinski definition) is 2. The van der Waals surface area contributed by atoms with Crippen LogP contribution in [0.5, 0.6) is 0 Å². The molecule has 0 aliphatic carbocycles. The van der Waals surface area contributed by atoms with Crippen LogP contribution in [0.15, 0.2) is 48.2 Å². The van der Waals surface area contributed by atoms with E-state index in [1.807, 2.05) is 42.5 Å². The number of fused-ring (bicyclic) bond motifs is 1. The maximum atomic E-state index is 11.9. The zero-order valence-electron chi connectivity index (χ0n) is 11.0. The van der Waals surface area contributed by atoms with Crippen molar-refractivity contribution in [2.45, 2.75) is 13.0 Å². The first-order valence-corrected chi connectivity index (χ1v) is 6.46. The summed E-state index contributed by atoms with van der Waals surface area (Å²) in [6, 6.07) is 13.3. The molecule has 0 aromatic heterocycles. The molecule has 0 bridgehead atoms. The molecule has 1 aliphatic heterocycles. The van der Waals surface area contributed by atoms with Crippen LogP contribution in [0.4, 0.5) is 0 Å². The van der Waals surface area contributed by atoms with Crippen molar-refractivity contribution in [2.75, 3.05) is 0 Å². The van der Waals surface area contributed by atoms with Crippen molar-refractivity contribution in [2.24, 2.45) is 0 Å². The van der Waals surface area contributed by atoms with Gasteiger partial charge >= 0.3 is 0 Å². The third kappa shape index (κ3) is 2.16. The quantitative estimate of drug-likeness (QED) is 0.773. The molecule has 4 nitrogen and oxygen atoms in total. The second-order valence-electron chi connectivity index (χ2n) is 4.81. The van der Waals surface area contributed by atoms with Gasteiger partial charge in [-0.1, -0.05) is 42.5 Å². The first-order chi connectivity index (χ1) is 9.65. The van der Waals surface area contributed by atoms with E-state index < -0.39 is 6.04 Å². The molecule has 1 atom stereocenters. The van der Waals surface area contributed by atoms with Gasteiger partial charge in [-0.15, -0.1) is 0 Å². The minimum atomic E-state index is -0.493. The average Bonchev–Trinajstić information content (AvgIpc) is 2.45. The summed E-state index contributed by atoms with van der Waals surface area (Å²) in [5.74, 6) is -0.457. The Morgan fingerprint density at radius 3 is 2.65 bits per heavy atom. The summed E-state index contributed by atoms with van der Waals surface area (Å²) >= 11 is 0. The second-order valence-corrected chi connectivity index (χ2v) is 4.81. The van der Waals surface area contributed by atoms with Gasteiger partial charge in [0.25, 0.3) is 5.91 Å². The normalized spacial score (nSPS) is 20.9. The van der Waals surface area contributed by atoms with Crippen molar-refractivity contribution in [3.8, 4) is 0 Å². The predicted molar refractivity (Wildman–Crippen MR) is 77.7 cm³/mol. The molecule has 0 spiro atoms. The van der Waals surface area contributed by atoms with Gasteiger partial charge in [0, 0.05) is 0 Å². The molecule has 20 heavy (non-hydrogen) atoms. The Labute approximate surface area is 116 Å². The number of piperazine rings is 1. The largest absolute Gasteiger partial charge is 0.339 e. The van der Waals surface area contributed by atoms with E-state index in [0.717, 1.165) is 16.3 Å². The highest BCUT2D eigenvalue weighted by molar-refractivity contribution is 6.08. The highest BCUT2D eigenvalue weighted by Gasteiger charge is 2.26. The Kier molecular flexibility index (Phi) is 2.99. The van der Waals surface area contributed by atoms with Crippen LogP contribution in [0.3, 0.4) is 0 Å². The number of rotatable bonds is 1. The van der Waals surface area contributed by atoms with Crippen LogP contribution in [-0.4, -0.2) is 17.9 Å². The van der Waals surface area contributed by atoms with E-state index in [-0.39, 0.29) is 17.5 Å². The van der Waals surface area contributed by atoms with Gasteiger partial charge in [-0.25, -0.2) is 0 Å². The Bertz CT molecular complexity index is 729. The van der Waals surface area contributed by atoms with E-state index in [2.05, 4.69) is 10.6 Å². The molecule has 2 N–H and O–H groups in total. The summed E-state index contributed by atoms with van der Waals surface area (Å²) in [5, 5.41) is 7.41. The summed E-state index contributed by atoms with van der Waals surface area (Å²) in [4.78, 5) is 23.5. The monoisotopic (exact) mass is 266 g/mol. The van der Waals surface area contributed by atoms with Crippen molar-refractivity contribution in [1.29, 1.82) is 0 Å². The van der Waals surface area contributed by atoms with Gasteiger partial charge < -0.3 is 10.6 Å². The number of benzene rings is 2. The predicted octanol–water partition coefficient (Wildman–Crippen LogP) is 1.82. The van der Waals surface area contributed by atoms with Crippen LogP contribution in [0.1, 0.15) is 12.5 Å². The second kappa shape index (κ2) is 4.81. The fraction of sp³-hybridized carbons (Fsp3) is 0.125. The van der Waals surface area contributed by atoms with Crippen LogP contribution in [0.2, 0.25) is 0 Å². The van der Waals surface area contributed by atoms with Gasteiger partial charge in [-0.3, -0.25) is 9.59 Å². The topological polar surface area (TPSA) is 58.2 Å². The van der Waals surface area contributed by atoms with E-state index in [1.54, 1.807) is 13.0 Å². The van der Waals surface area contributed by atoms with Gasteiger partial charge in [0.2, 0.25) is 5.91 Å². The number of carbonyl (C=O) groups is 2. The molecule has 0 saturated carbocycles. The molecule has 2 amide bonds. The Morgan fingerprint density at radius 1 is 1.05 bits per heavy atom. The fourth-order valence-corrected chi connectivity index (χ4v) is 2.27. The molecular weight excluding hydrogens is 252 g/mol. The zero-order chi connectivity index (χ0) is 14.1. The van der Waals surface area contributed by atoms with Crippen molar-refractivity contribution in [3.05, 3.63) is 53.7 Å². The van der Waals surface area contributed by atoms with E-state index >= 15 is 0 Å². The van der Waals surface area contributed by atoms with E-state index in [4.69, 9.17) is 0 Å². The standard InChI is InChI=1S/C16H14N2O2/c1-10-15(19)18-14(16(20)17-10)9-12-7-4-6-11-5-2-3-8-13(11)12/h2-10H,1H3,(H,17,20)(H,18,19)/b14-9+/t10-/m1/s1. The van der Waals surface area contributed by atoms with Crippen LogP contribution in [0, 0.1) is 0 Å². The molecule has 2 aromatic rings. The fourth-order valence-electron chi connectivity index (χ4n) is 2.27. The number of nitrogens with one attached hydrogen (secondary N) is 2. The molecule has 2 aromatic carbocycles. The van der Waals surface area contributed by atoms with Gasteiger partial charge in [-0.2, -0.15) is 0 Å². The number of hydrogen-bond donors (Lipinski definition) is 2. The molecule has 0 radical (unpaired) electrons. The number of amides is 2. The molecule has 100 valence electrons. The van der Waals surface area contributed by atoms with Gasteiger partial charge in [0.1, 0.15) is 11.7 Å². The SMILES string of the molecule is C[C@H]1NC(=O)/C(=C\c2cccc3ccccc23)NC1=O. The van der Waals surface area contributed by atoms with Gasteiger partial charge in [0.05, 0.1) is 0 Å². The van der Waals surface area contributed by atoms with Gasteiger partial charge in [-0.05, 0) is 29.3 Å². The summed E-state index contributed by atoms with van der Waals surface area (Å²) in [6.07, 6.45) is 1.71. The third-order valence-electron chi connectivity index (χ3n) is 3.37. The van der Waals surface area contributed by atoms with Crippen molar-refractivity contribution in [1.82, 2.24) is 10.6 Å². The first kappa shape index (κ1) is 12.4. The maximum absolute atomic E-state index is 11.9. The van der Waals surface area contributed by atoms with E-state index in [1.165, 1.54) is 0 Å². The third-order valence-corrected chi connectivity index (χ3v) is 3.37. The summed E-state index contributed by atoms with van der Waals surface area (Å²) in [6.45, 7) is 1.65. The van der Waals surface area contributed by atoms with Crippen molar-refractivity contribution >= 4 is 28.7 Å². The Morgan fingerprint density at radius 2 is 1.80 bits per heavy atom. The first-order valence-electron chi connectivity index (χ1n) is 6.46. The Hall–Kier alpha value is -2.62. The van der Waals surface area contributed by atoms with Crippen molar-refractivity contribution in [3.63, 3.8) is 0 Å². The average molecular weight is 266 g/mol. The molecule has 1 aliphatic rings. The molecule has 0 unspecified atom stereocenters. The molecular formula is C16H14N2O2. The summed E-state index contributed by atoms with van der Waals surface area (Å²) in [5.41, 5.74) is 1.19. The lowest BCUT2D eigenvalue weighted by Gasteiger charge is -2.22. The highest BCUT2D eigenvalue weighted by Crippen LogP contribution is 2.21. The smallest absolute Gasteiger partial charge is 0.268 e. The lowest BCUT2D eigenvalue weighted by Crippen LogP contribution is -2.53.